The third-order valence-corrected chi connectivity index (χ3v) is 6.53. The average Bonchev–Trinajstić information content (AvgIpc) is 3.00. The van der Waals surface area contributed by atoms with Gasteiger partial charge in [0.15, 0.2) is 0 Å². The van der Waals surface area contributed by atoms with Gasteiger partial charge in [0.2, 0.25) is 0 Å². The number of aryl methyl sites for hydroxylation is 2. The van der Waals surface area contributed by atoms with Crippen LogP contribution in [0.2, 0.25) is 0 Å². The second kappa shape index (κ2) is 7.67. The van der Waals surface area contributed by atoms with E-state index in [2.05, 4.69) is 22.1 Å². The van der Waals surface area contributed by atoms with Crippen LogP contribution in [0, 0.1) is 25.5 Å². The molecule has 8 heteroatoms. The highest BCUT2D eigenvalue weighted by molar-refractivity contribution is 7.20. The zero-order chi connectivity index (χ0) is 20.7. The number of fused-ring (bicyclic) bond motifs is 1. The summed E-state index contributed by atoms with van der Waals surface area (Å²) in [6, 6.07) is 3.45. The SMILES string of the molecule is Cc1nc(N2CCCC[C@H]2C)c2c(C)c(C(=O)Nc3ccc(F)cc3F)sc2n1. The first-order chi connectivity index (χ1) is 13.8. The smallest absolute Gasteiger partial charge is 0.266 e. The number of anilines is 2. The highest BCUT2D eigenvalue weighted by Crippen LogP contribution is 2.37. The molecule has 2 aromatic heterocycles. The van der Waals surface area contributed by atoms with Crippen LogP contribution in [0.25, 0.3) is 10.2 Å². The van der Waals surface area contributed by atoms with Gasteiger partial charge < -0.3 is 10.2 Å². The molecule has 0 aliphatic carbocycles. The lowest BCUT2D eigenvalue weighted by Crippen LogP contribution is -2.38. The Kier molecular flexibility index (Phi) is 5.21. The number of rotatable bonds is 3. The number of thiophene rings is 1. The third-order valence-electron chi connectivity index (χ3n) is 5.34. The van der Waals surface area contributed by atoms with E-state index in [0.717, 1.165) is 53.1 Å². The number of nitrogens with one attached hydrogen (secondary N) is 1. The Balaban J connectivity index is 1.75. The van der Waals surface area contributed by atoms with Crippen LogP contribution in [0.1, 0.15) is 47.2 Å². The van der Waals surface area contributed by atoms with E-state index >= 15 is 0 Å². The fourth-order valence-electron chi connectivity index (χ4n) is 3.83. The molecule has 1 aromatic carbocycles. The van der Waals surface area contributed by atoms with Gasteiger partial charge in [-0.05, 0) is 57.7 Å². The van der Waals surface area contributed by atoms with E-state index in [9.17, 15) is 13.6 Å². The van der Waals surface area contributed by atoms with E-state index in [1.54, 1.807) is 0 Å². The third kappa shape index (κ3) is 3.69. The first-order valence-electron chi connectivity index (χ1n) is 9.66. The lowest BCUT2D eigenvalue weighted by Gasteiger charge is -2.35. The van der Waals surface area contributed by atoms with Crippen molar-refractivity contribution in [1.29, 1.82) is 0 Å². The molecular weight excluding hydrogens is 394 g/mol. The zero-order valence-electron chi connectivity index (χ0n) is 16.6. The number of carbonyl (C=O) groups is 1. The molecule has 29 heavy (non-hydrogen) atoms. The Bertz CT molecular complexity index is 1100. The van der Waals surface area contributed by atoms with E-state index in [1.807, 2.05) is 13.8 Å². The van der Waals surface area contributed by atoms with Gasteiger partial charge in [-0.1, -0.05) is 0 Å². The minimum atomic E-state index is -0.810. The summed E-state index contributed by atoms with van der Waals surface area (Å²) in [7, 11) is 0. The Morgan fingerprint density at radius 1 is 1.24 bits per heavy atom. The molecule has 0 bridgehead atoms. The van der Waals surface area contributed by atoms with E-state index in [0.29, 0.717) is 16.7 Å². The first kappa shape index (κ1) is 19.7. The van der Waals surface area contributed by atoms with Crippen molar-refractivity contribution in [3.63, 3.8) is 0 Å². The minimum absolute atomic E-state index is 0.0552. The van der Waals surface area contributed by atoms with E-state index in [4.69, 9.17) is 4.98 Å². The van der Waals surface area contributed by atoms with Crippen molar-refractivity contribution in [2.24, 2.45) is 0 Å². The maximum absolute atomic E-state index is 14.0. The van der Waals surface area contributed by atoms with Crippen molar-refractivity contribution in [1.82, 2.24) is 9.97 Å². The molecule has 1 amide bonds. The Morgan fingerprint density at radius 2 is 2.03 bits per heavy atom. The number of aromatic nitrogens is 2. The van der Waals surface area contributed by atoms with Crippen molar-refractivity contribution in [2.45, 2.75) is 46.1 Å². The topological polar surface area (TPSA) is 58.1 Å². The first-order valence-corrected chi connectivity index (χ1v) is 10.5. The summed E-state index contributed by atoms with van der Waals surface area (Å²) in [5.74, 6) is -0.421. The molecule has 152 valence electrons. The van der Waals surface area contributed by atoms with Gasteiger partial charge in [0, 0.05) is 18.7 Å². The van der Waals surface area contributed by atoms with Gasteiger partial charge in [0.05, 0.1) is 16.0 Å². The van der Waals surface area contributed by atoms with Crippen LogP contribution in [0.15, 0.2) is 18.2 Å². The quantitative estimate of drug-likeness (QED) is 0.636. The van der Waals surface area contributed by atoms with Crippen molar-refractivity contribution in [2.75, 3.05) is 16.8 Å². The summed E-state index contributed by atoms with van der Waals surface area (Å²) >= 11 is 1.27. The lowest BCUT2D eigenvalue weighted by molar-refractivity contribution is 0.102. The van der Waals surface area contributed by atoms with Crippen molar-refractivity contribution in [3.8, 4) is 0 Å². The number of amides is 1. The Hall–Kier alpha value is -2.61. The van der Waals surface area contributed by atoms with Gasteiger partial charge in [-0.3, -0.25) is 4.79 Å². The maximum atomic E-state index is 14.0. The van der Waals surface area contributed by atoms with Gasteiger partial charge >= 0.3 is 0 Å². The molecule has 5 nitrogen and oxygen atoms in total. The van der Waals surface area contributed by atoms with Gasteiger partial charge in [-0.15, -0.1) is 11.3 Å². The Morgan fingerprint density at radius 3 is 2.76 bits per heavy atom. The largest absolute Gasteiger partial charge is 0.353 e. The van der Waals surface area contributed by atoms with Crippen LogP contribution in [-0.2, 0) is 0 Å². The zero-order valence-corrected chi connectivity index (χ0v) is 17.4. The molecule has 0 unspecified atom stereocenters. The number of carbonyl (C=O) groups excluding carboxylic acids is 1. The lowest BCUT2D eigenvalue weighted by atomic mass is 10.0. The molecule has 1 aliphatic heterocycles. The fraction of sp³-hybridized carbons (Fsp3) is 0.381. The summed E-state index contributed by atoms with van der Waals surface area (Å²) < 4.78 is 27.1. The van der Waals surface area contributed by atoms with E-state index in [1.165, 1.54) is 23.8 Å². The van der Waals surface area contributed by atoms with Gasteiger partial charge in [0.25, 0.3) is 5.91 Å². The number of benzene rings is 1. The van der Waals surface area contributed by atoms with E-state index < -0.39 is 17.5 Å². The molecule has 3 heterocycles. The van der Waals surface area contributed by atoms with Crippen LogP contribution >= 0.6 is 11.3 Å². The van der Waals surface area contributed by atoms with Crippen LogP contribution in [0.3, 0.4) is 0 Å². The Labute approximate surface area is 171 Å². The molecular formula is C21H22F2N4OS. The van der Waals surface area contributed by atoms with Gasteiger partial charge in [0.1, 0.15) is 28.1 Å². The van der Waals surface area contributed by atoms with Crippen molar-refractivity contribution >= 4 is 39.0 Å². The highest BCUT2D eigenvalue weighted by atomic mass is 32.1. The number of piperidine rings is 1. The summed E-state index contributed by atoms with van der Waals surface area (Å²) in [5.41, 5.74) is 0.721. The molecule has 0 saturated carbocycles. The number of hydrogen-bond donors (Lipinski definition) is 1. The molecule has 0 spiro atoms. The molecule has 1 fully saturated rings. The van der Waals surface area contributed by atoms with Gasteiger partial charge in [-0.25, -0.2) is 18.7 Å². The minimum Gasteiger partial charge on any atom is -0.353 e. The van der Waals surface area contributed by atoms with Crippen molar-refractivity contribution in [3.05, 3.63) is 46.1 Å². The predicted molar refractivity (Wildman–Crippen MR) is 112 cm³/mol. The molecule has 1 atom stereocenters. The standard InChI is InChI=1S/C21H22F2N4OS/c1-11-6-4-5-9-27(11)19-17-12(2)18(29-21(17)25-13(3)24-19)20(28)26-16-8-7-14(22)10-15(16)23/h7-8,10-11H,4-6,9H2,1-3H3,(H,26,28)/t11-/m1/s1. The normalized spacial score (nSPS) is 17.0. The molecule has 0 radical (unpaired) electrons. The van der Waals surface area contributed by atoms with Crippen LogP contribution in [0.4, 0.5) is 20.3 Å². The molecule has 4 rings (SSSR count). The van der Waals surface area contributed by atoms with E-state index in [-0.39, 0.29) is 5.69 Å². The maximum Gasteiger partial charge on any atom is 0.266 e. The van der Waals surface area contributed by atoms with Crippen molar-refractivity contribution < 1.29 is 13.6 Å². The van der Waals surface area contributed by atoms with Crippen LogP contribution in [0.5, 0.6) is 0 Å². The van der Waals surface area contributed by atoms with Crippen LogP contribution in [-0.4, -0.2) is 28.5 Å². The monoisotopic (exact) mass is 416 g/mol. The molecule has 1 aliphatic rings. The number of nitrogens with zero attached hydrogens (tertiary/aromatic N) is 3. The number of hydrogen-bond acceptors (Lipinski definition) is 5. The number of halogens is 2. The summed E-state index contributed by atoms with van der Waals surface area (Å²) in [4.78, 5) is 25.6. The second-order valence-corrected chi connectivity index (χ2v) is 8.45. The molecule has 1 saturated heterocycles. The van der Waals surface area contributed by atoms with Gasteiger partial charge in [-0.2, -0.15) is 0 Å². The van der Waals surface area contributed by atoms with Crippen LogP contribution < -0.4 is 10.2 Å². The predicted octanol–water partition coefficient (Wildman–Crippen LogP) is 5.22. The molecule has 1 N–H and O–H groups in total. The fourth-order valence-corrected chi connectivity index (χ4v) is 4.94. The highest BCUT2D eigenvalue weighted by Gasteiger charge is 2.26. The summed E-state index contributed by atoms with van der Waals surface area (Å²) in [5, 5.41) is 3.42. The summed E-state index contributed by atoms with van der Waals surface area (Å²) in [6.07, 6.45) is 3.41. The second-order valence-electron chi connectivity index (χ2n) is 7.45. The summed E-state index contributed by atoms with van der Waals surface area (Å²) in [6.45, 7) is 6.82. The molecule has 3 aromatic rings. The average molecular weight is 416 g/mol.